The highest BCUT2D eigenvalue weighted by atomic mass is 16.5. The Hall–Kier alpha value is -2.54. The molecular weight excluding hydrogens is 288 g/mol. The van der Waals surface area contributed by atoms with E-state index in [1.165, 1.54) is 0 Å². The maximum atomic E-state index is 12.7. The number of rotatable bonds is 2. The van der Waals surface area contributed by atoms with E-state index in [-0.39, 0.29) is 23.0 Å². The van der Waals surface area contributed by atoms with Crippen LogP contribution in [0.5, 0.6) is 0 Å². The number of hydrogen-bond donors (Lipinski definition) is 1. The molecule has 2 aliphatic rings. The molecular formula is C19H20N2O2. The van der Waals surface area contributed by atoms with Gasteiger partial charge in [-0.3, -0.25) is 4.79 Å². The lowest BCUT2D eigenvalue weighted by molar-refractivity contribution is -0.119. The van der Waals surface area contributed by atoms with Crippen LogP contribution in [0.2, 0.25) is 0 Å². The Morgan fingerprint density at radius 1 is 1.30 bits per heavy atom. The summed E-state index contributed by atoms with van der Waals surface area (Å²) in [6, 6.07) is 12.0. The first-order chi connectivity index (χ1) is 10.9. The lowest BCUT2D eigenvalue weighted by atomic mass is 9.70. The van der Waals surface area contributed by atoms with Crippen molar-refractivity contribution >= 4 is 5.78 Å². The first-order valence-corrected chi connectivity index (χ1v) is 7.79. The van der Waals surface area contributed by atoms with Crippen molar-refractivity contribution in [2.75, 3.05) is 0 Å². The number of nitriles is 1. The summed E-state index contributed by atoms with van der Waals surface area (Å²) in [5.74, 6) is 0.536. The number of nitrogens with two attached hydrogens (primary N) is 1. The summed E-state index contributed by atoms with van der Waals surface area (Å²) in [6.45, 7) is 4.09. The van der Waals surface area contributed by atoms with Crippen LogP contribution in [0, 0.1) is 22.7 Å². The largest absolute Gasteiger partial charge is 0.444 e. The van der Waals surface area contributed by atoms with Crippen LogP contribution in [0.4, 0.5) is 0 Å². The SMILES string of the molecule is CC1(C)CC(=O)C2=C(C1)OC(N)=C(C#N)[C@@H]2Cc1ccccc1. The number of benzene rings is 1. The first-order valence-electron chi connectivity index (χ1n) is 7.79. The Kier molecular flexibility index (Phi) is 3.73. The molecule has 0 amide bonds. The minimum atomic E-state index is -0.310. The molecule has 0 saturated carbocycles. The lowest BCUT2D eigenvalue weighted by Gasteiger charge is -2.37. The maximum Gasteiger partial charge on any atom is 0.204 e. The van der Waals surface area contributed by atoms with Crippen molar-refractivity contribution in [1.82, 2.24) is 0 Å². The van der Waals surface area contributed by atoms with Crippen LogP contribution >= 0.6 is 0 Å². The van der Waals surface area contributed by atoms with E-state index < -0.39 is 0 Å². The normalized spacial score (nSPS) is 23.2. The molecule has 0 aromatic heterocycles. The highest BCUT2D eigenvalue weighted by molar-refractivity contribution is 5.98. The van der Waals surface area contributed by atoms with E-state index in [9.17, 15) is 10.1 Å². The van der Waals surface area contributed by atoms with Gasteiger partial charge in [0, 0.05) is 24.3 Å². The van der Waals surface area contributed by atoms with Gasteiger partial charge in [0.25, 0.3) is 0 Å². The topological polar surface area (TPSA) is 76.1 Å². The van der Waals surface area contributed by atoms with Crippen LogP contribution < -0.4 is 5.73 Å². The van der Waals surface area contributed by atoms with E-state index in [4.69, 9.17) is 10.5 Å². The van der Waals surface area contributed by atoms with E-state index in [1.807, 2.05) is 44.2 Å². The number of hydrogen-bond acceptors (Lipinski definition) is 4. The van der Waals surface area contributed by atoms with Crippen molar-refractivity contribution in [3.8, 4) is 6.07 Å². The molecule has 1 aromatic rings. The predicted octanol–water partition coefficient (Wildman–Crippen LogP) is 3.21. The molecule has 1 aliphatic heterocycles. The number of allylic oxidation sites excluding steroid dienone is 3. The number of carbonyl (C=O) groups excluding carboxylic acids is 1. The molecule has 0 spiro atoms. The molecule has 0 saturated heterocycles. The monoisotopic (exact) mass is 308 g/mol. The van der Waals surface area contributed by atoms with Gasteiger partial charge in [0.1, 0.15) is 11.8 Å². The third-order valence-corrected chi connectivity index (χ3v) is 4.48. The molecule has 0 unspecified atom stereocenters. The highest BCUT2D eigenvalue weighted by Gasteiger charge is 2.42. The zero-order valence-corrected chi connectivity index (χ0v) is 13.4. The molecule has 0 radical (unpaired) electrons. The zero-order chi connectivity index (χ0) is 16.6. The smallest absolute Gasteiger partial charge is 0.204 e. The zero-order valence-electron chi connectivity index (χ0n) is 13.4. The standard InChI is InChI=1S/C19H20N2O2/c1-19(2)9-15(22)17-13(8-12-6-4-3-5-7-12)14(11-20)18(21)23-16(17)10-19/h3-7,13H,8-10,21H2,1-2H3/t13-/m0/s1. The second-order valence-electron chi connectivity index (χ2n) is 7.01. The van der Waals surface area contributed by atoms with Crippen molar-refractivity contribution in [3.05, 3.63) is 58.7 Å². The summed E-state index contributed by atoms with van der Waals surface area (Å²) in [4.78, 5) is 12.7. The van der Waals surface area contributed by atoms with Crippen molar-refractivity contribution in [2.45, 2.75) is 33.1 Å². The maximum absolute atomic E-state index is 12.7. The number of nitrogens with zero attached hydrogens (tertiary/aromatic N) is 1. The Balaban J connectivity index is 2.04. The number of carbonyl (C=O) groups is 1. The van der Waals surface area contributed by atoms with Crippen molar-refractivity contribution in [2.24, 2.45) is 17.1 Å². The molecule has 23 heavy (non-hydrogen) atoms. The minimum Gasteiger partial charge on any atom is -0.444 e. The van der Waals surface area contributed by atoms with Crippen molar-refractivity contribution in [1.29, 1.82) is 5.26 Å². The summed E-state index contributed by atoms with van der Waals surface area (Å²) in [7, 11) is 0. The molecule has 4 heteroatoms. The van der Waals surface area contributed by atoms with Gasteiger partial charge in [-0.2, -0.15) is 5.26 Å². The summed E-state index contributed by atoms with van der Waals surface area (Å²) >= 11 is 0. The second kappa shape index (κ2) is 5.58. The Morgan fingerprint density at radius 2 is 2.00 bits per heavy atom. The van der Waals surface area contributed by atoms with Crippen molar-refractivity contribution in [3.63, 3.8) is 0 Å². The van der Waals surface area contributed by atoms with Gasteiger partial charge in [-0.25, -0.2) is 0 Å². The van der Waals surface area contributed by atoms with Gasteiger partial charge in [-0.15, -0.1) is 0 Å². The Morgan fingerprint density at radius 3 is 2.65 bits per heavy atom. The van der Waals surface area contributed by atoms with Gasteiger partial charge in [0.15, 0.2) is 5.78 Å². The quantitative estimate of drug-likeness (QED) is 0.910. The lowest BCUT2D eigenvalue weighted by Crippen LogP contribution is -2.35. The van der Waals surface area contributed by atoms with Gasteiger partial charge in [-0.1, -0.05) is 44.2 Å². The van der Waals surface area contributed by atoms with E-state index in [0.29, 0.717) is 36.2 Å². The van der Waals surface area contributed by atoms with E-state index in [1.54, 1.807) is 0 Å². The van der Waals surface area contributed by atoms with E-state index in [0.717, 1.165) is 5.56 Å². The third kappa shape index (κ3) is 2.87. The van der Waals surface area contributed by atoms with Crippen LogP contribution in [0.1, 0.15) is 32.3 Å². The Bertz CT molecular complexity index is 751. The molecule has 1 atom stereocenters. The van der Waals surface area contributed by atoms with Gasteiger partial charge < -0.3 is 10.5 Å². The van der Waals surface area contributed by atoms with Crippen LogP contribution in [0.25, 0.3) is 0 Å². The summed E-state index contributed by atoms with van der Waals surface area (Å²) in [5, 5.41) is 9.49. The number of ether oxygens (including phenoxy) is 1. The first kappa shape index (κ1) is 15.4. The fraction of sp³-hybridized carbons (Fsp3) is 0.368. The molecule has 1 aliphatic carbocycles. The molecule has 2 N–H and O–H groups in total. The molecule has 118 valence electrons. The van der Waals surface area contributed by atoms with E-state index >= 15 is 0 Å². The van der Waals surface area contributed by atoms with Gasteiger partial charge in [0.2, 0.25) is 5.88 Å². The second-order valence-corrected chi connectivity index (χ2v) is 7.01. The summed E-state index contributed by atoms with van der Waals surface area (Å²) in [5.41, 5.74) is 7.90. The molecule has 1 aromatic carbocycles. The van der Waals surface area contributed by atoms with E-state index in [2.05, 4.69) is 6.07 Å². The van der Waals surface area contributed by atoms with Gasteiger partial charge in [0.05, 0.1) is 5.57 Å². The summed E-state index contributed by atoms with van der Waals surface area (Å²) < 4.78 is 5.66. The fourth-order valence-corrected chi connectivity index (χ4v) is 3.45. The van der Waals surface area contributed by atoms with Crippen LogP contribution in [-0.4, -0.2) is 5.78 Å². The average Bonchev–Trinajstić information content (AvgIpc) is 2.46. The predicted molar refractivity (Wildman–Crippen MR) is 86.6 cm³/mol. The van der Waals surface area contributed by atoms with Crippen LogP contribution in [0.15, 0.2) is 53.1 Å². The summed E-state index contributed by atoms with van der Waals surface area (Å²) in [6.07, 6.45) is 1.72. The number of ketones is 1. The minimum absolute atomic E-state index is 0.0671. The molecule has 4 nitrogen and oxygen atoms in total. The van der Waals surface area contributed by atoms with Crippen molar-refractivity contribution < 1.29 is 9.53 Å². The fourth-order valence-electron chi connectivity index (χ4n) is 3.45. The Labute approximate surface area is 136 Å². The molecule has 0 fully saturated rings. The molecule has 1 heterocycles. The number of Topliss-reactive ketones (excluding diaryl/α,β-unsaturated/α-hetero) is 1. The van der Waals surface area contributed by atoms with Gasteiger partial charge in [-0.05, 0) is 17.4 Å². The molecule has 0 bridgehead atoms. The average molecular weight is 308 g/mol. The van der Waals surface area contributed by atoms with Crippen LogP contribution in [-0.2, 0) is 16.0 Å². The van der Waals surface area contributed by atoms with Crippen LogP contribution in [0.3, 0.4) is 0 Å². The molecule has 3 rings (SSSR count). The highest BCUT2D eigenvalue weighted by Crippen LogP contribution is 2.45. The van der Waals surface area contributed by atoms with Gasteiger partial charge >= 0.3 is 0 Å². The third-order valence-electron chi connectivity index (χ3n) is 4.48.